The molecule has 1 amide bonds. The van der Waals surface area contributed by atoms with E-state index >= 15 is 0 Å². The van der Waals surface area contributed by atoms with E-state index in [1.807, 2.05) is 0 Å². The van der Waals surface area contributed by atoms with Crippen LogP contribution in [0.25, 0.3) is 0 Å². The Labute approximate surface area is 151 Å². The third-order valence-electron chi connectivity index (χ3n) is 3.75. The van der Waals surface area contributed by atoms with Gasteiger partial charge < -0.3 is 15.4 Å². The highest BCUT2D eigenvalue weighted by molar-refractivity contribution is 6.30. The quantitative estimate of drug-likeness (QED) is 0.586. The van der Waals surface area contributed by atoms with Gasteiger partial charge in [-0.05, 0) is 50.9 Å². The molecule has 1 fully saturated rings. The summed E-state index contributed by atoms with van der Waals surface area (Å²) in [4.78, 5) is 22.5. The van der Waals surface area contributed by atoms with Gasteiger partial charge in [0.15, 0.2) is 11.9 Å². The Hall–Kier alpha value is -1.57. The van der Waals surface area contributed by atoms with Crippen molar-refractivity contribution in [3.05, 3.63) is 33.3 Å². The summed E-state index contributed by atoms with van der Waals surface area (Å²) in [6.07, 6.45) is 1.35. The van der Waals surface area contributed by atoms with Crippen molar-refractivity contribution in [1.82, 2.24) is 10.6 Å². The minimum Gasteiger partial charge on any atom is -0.474 e. The van der Waals surface area contributed by atoms with Gasteiger partial charge in [-0.1, -0.05) is 11.6 Å². The molecule has 1 aliphatic heterocycles. The minimum absolute atomic E-state index is 0. The fourth-order valence-electron chi connectivity index (χ4n) is 2.46. The number of nitrogens with zero attached hydrogens (tertiary/aromatic N) is 1. The fourth-order valence-corrected chi connectivity index (χ4v) is 2.63. The second-order valence-electron chi connectivity index (χ2n) is 5.59. The Morgan fingerprint density at radius 3 is 2.96 bits per heavy atom. The first-order valence-corrected chi connectivity index (χ1v) is 7.94. The molecule has 1 aromatic rings. The van der Waals surface area contributed by atoms with Crippen molar-refractivity contribution in [3.8, 4) is 5.75 Å². The summed E-state index contributed by atoms with van der Waals surface area (Å²) in [5.74, 6) is 0.144. The molecule has 134 valence electrons. The molecule has 7 nitrogen and oxygen atoms in total. The van der Waals surface area contributed by atoms with Gasteiger partial charge in [-0.3, -0.25) is 14.9 Å². The maximum Gasteiger partial charge on any atom is 0.312 e. The molecule has 0 bridgehead atoms. The van der Waals surface area contributed by atoms with Gasteiger partial charge in [-0.15, -0.1) is 12.4 Å². The van der Waals surface area contributed by atoms with Crippen molar-refractivity contribution >= 4 is 35.6 Å². The molecule has 0 radical (unpaired) electrons. The van der Waals surface area contributed by atoms with Gasteiger partial charge in [0.05, 0.1) is 4.92 Å². The molecule has 2 N–H and O–H groups in total. The number of piperidine rings is 1. The van der Waals surface area contributed by atoms with Crippen LogP contribution >= 0.6 is 24.0 Å². The normalized spacial score (nSPS) is 18.2. The summed E-state index contributed by atoms with van der Waals surface area (Å²) >= 11 is 5.75. The third kappa shape index (κ3) is 5.81. The first-order valence-electron chi connectivity index (χ1n) is 7.56. The highest BCUT2D eigenvalue weighted by Crippen LogP contribution is 2.30. The third-order valence-corrected chi connectivity index (χ3v) is 3.99. The van der Waals surface area contributed by atoms with Crippen LogP contribution in [0.2, 0.25) is 5.02 Å². The van der Waals surface area contributed by atoms with Crippen molar-refractivity contribution < 1.29 is 14.5 Å². The molecule has 1 heterocycles. The number of rotatable bonds is 6. The van der Waals surface area contributed by atoms with Crippen LogP contribution in [0.3, 0.4) is 0 Å². The number of hydrogen-bond donors (Lipinski definition) is 2. The van der Waals surface area contributed by atoms with Crippen molar-refractivity contribution in [2.24, 2.45) is 5.92 Å². The standard InChI is InChI=1S/C15H20ClN3O4.ClH/c1-10(15(20)18-9-11-3-2-6-17-8-11)23-14-5-4-12(16)7-13(14)19(21)22;/h4-5,7,10-11,17H,2-3,6,8-9H2,1H3,(H,18,20);1H. The van der Waals surface area contributed by atoms with Crippen LogP contribution in [0.1, 0.15) is 19.8 Å². The molecule has 0 aliphatic carbocycles. The number of amides is 1. The topological polar surface area (TPSA) is 93.5 Å². The number of nitrogens with one attached hydrogen (secondary N) is 2. The first kappa shape index (κ1) is 20.5. The predicted molar refractivity (Wildman–Crippen MR) is 94.0 cm³/mol. The zero-order valence-electron chi connectivity index (χ0n) is 13.3. The van der Waals surface area contributed by atoms with Crippen molar-refractivity contribution in [3.63, 3.8) is 0 Å². The van der Waals surface area contributed by atoms with Crippen molar-refractivity contribution in [2.75, 3.05) is 19.6 Å². The molecule has 2 unspecified atom stereocenters. The lowest BCUT2D eigenvalue weighted by molar-refractivity contribution is -0.386. The summed E-state index contributed by atoms with van der Waals surface area (Å²) in [6, 6.07) is 4.09. The van der Waals surface area contributed by atoms with Gasteiger partial charge in [0.25, 0.3) is 5.91 Å². The van der Waals surface area contributed by atoms with E-state index in [0.29, 0.717) is 12.5 Å². The lowest BCUT2D eigenvalue weighted by Crippen LogP contribution is -2.42. The van der Waals surface area contributed by atoms with Gasteiger partial charge in [-0.25, -0.2) is 0 Å². The molecule has 0 spiro atoms. The largest absolute Gasteiger partial charge is 0.474 e. The highest BCUT2D eigenvalue weighted by Gasteiger charge is 2.22. The zero-order valence-corrected chi connectivity index (χ0v) is 14.9. The van der Waals surface area contributed by atoms with Crippen LogP contribution in [0.5, 0.6) is 5.75 Å². The van der Waals surface area contributed by atoms with Gasteiger partial charge in [0.1, 0.15) is 0 Å². The zero-order chi connectivity index (χ0) is 16.8. The summed E-state index contributed by atoms with van der Waals surface area (Å²) in [6.45, 7) is 4.04. The molecule has 9 heteroatoms. The molecular weight excluding hydrogens is 357 g/mol. The number of carbonyl (C=O) groups excluding carboxylic acids is 1. The first-order chi connectivity index (χ1) is 11.0. The summed E-state index contributed by atoms with van der Waals surface area (Å²) in [7, 11) is 0. The highest BCUT2D eigenvalue weighted by atomic mass is 35.5. The molecule has 1 aromatic carbocycles. The maximum atomic E-state index is 12.1. The number of benzene rings is 1. The maximum absolute atomic E-state index is 12.1. The second-order valence-corrected chi connectivity index (χ2v) is 6.02. The second kappa shape index (κ2) is 9.66. The van der Waals surface area contributed by atoms with Crippen molar-refractivity contribution in [2.45, 2.75) is 25.9 Å². The average molecular weight is 378 g/mol. The Morgan fingerprint density at radius 2 is 2.33 bits per heavy atom. The van der Waals surface area contributed by atoms with E-state index in [0.717, 1.165) is 25.9 Å². The smallest absolute Gasteiger partial charge is 0.312 e. The lowest BCUT2D eigenvalue weighted by Gasteiger charge is -2.23. The number of nitro groups is 1. The SMILES string of the molecule is CC(Oc1ccc(Cl)cc1[N+](=O)[O-])C(=O)NCC1CCCNC1.Cl. The van der Waals surface area contributed by atoms with Gasteiger partial charge in [0, 0.05) is 17.6 Å². The van der Waals surface area contributed by atoms with E-state index in [2.05, 4.69) is 10.6 Å². The monoisotopic (exact) mass is 377 g/mol. The van der Waals surface area contributed by atoms with Crippen LogP contribution in [0, 0.1) is 16.0 Å². The Morgan fingerprint density at radius 1 is 1.58 bits per heavy atom. The summed E-state index contributed by atoms with van der Waals surface area (Å²) < 4.78 is 5.44. The number of halogens is 2. The van der Waals surface area contributed by atoms with E-state index < -0.39 is 11.0 Å². The Kier molecular flexibility index (Phi) is 8.24. The van der Waals surface area contributed by atoms with Crippen LogP contribution < -0.4 is 15.4 Å². The number of ether oxygens (including phenoxy) is 1. The fraction of sp³-hybridized carbons (Fsp3) is 0.533. The Bertz CT molecular complexity index is 580. The summed E-state index contributed by atoms with van der Waals surface area (Å²) in [5.41, 5.74) is -0.256. The van der Waals surface area contributed by atoms with E-state index in [9.17, 15) is 14.9 Å². The van der Waals surface area contributed by atoms with Crippen LogP contribution in [-0.4, -0.2) is 36.6 Å². The van der Waals surface area contributed by atoms with Gasteiger partial charge in [0.2, 0.25) is 0 Å². The van der Waals surface area contributed by atoms with Crippen LogP contribution in [-0.2, 0) is 4.79 Å². The Balaban J connectivity index is 0.00000288. The number of hydrogen-bond acceptors (Lipinski definition) is 5. The summed E-state index contributed by atoms with van der Waals surface area (Å²) in [5, 5.41) is 17.4. The molecule has 1 saturated heterocycles. The van der Waals surface area contributed by atoms with E-state index in [-0.39, 0.29) is 34.8 Å². The van der Waals surface area contributed by atoms with E-state index in [1.54, 1.807) is 6.92 Å². The minimum atomic E-state index is -0.827. The molecule has 1 aliphatic rings. The molecule has 0 aromatic heterocycles. The van der Waals surface area contributed by atoms with Crippen molar-refractivity contribution in [1.29, 1.82) is 0 Å². The average Bonchev–Trinajstić information content (AvgIpc) is 2.55. The molecule has 0 saturated carbocycles. The van der Waals surface area contributed by atoms with Crippen LogP contribution in [0.4, 0.5) is 5.69 Å². The predicted octanol–water partition coefficient (Wildman–Crippen LogP) is 2.55. The van der Waals surface area contributed by atoms with E-state index in [1.165, 1.54) is 18.2 Å². The lowest BCUT2D eigenvalue weighted by atomic mass is 10.00. The number of nitro benzene ring substituents is 1. The molecule has 2 atom stereocenters. The van der Waals surface area contributed by atoms with Gasteiger partial charge in [-0.2, -0.15) is 0 Å². The van der Waals surface area contributed by atoms with Crippen LogP contribution in [0.15, 0.2) is 18.2 Å². The molecule has 2 rings (SSSR count). The molecular formula is C15H21Cl2N3O4. The van der Waals surface area contributed by atoms with E-state index in [4.69, 9.17) is 16.3 Å². The number of carbonyl (C=O) groups is 1. The van der Waals surface area contributed by atoms with Gasteiger partial charge >= 0.3 is 5.69 Å². The molecule has 24 heavy (non-hydrogen) atoms.